The van der Waals surface area contributed by atoms with Gasteiger partial charge in [-0.25, -0.2) is 0 Å². The van der Waals surface area contributed by atoms with E-state index in [1.54, 1.807) is 31.4 Å². The fourth-order valence-electron chi connectivity index (χ4n) is 1.69. The zero-order valence-electron chi connectivity index (χ0n) is 10.2. The van der Waals surface area contributed by atoms with Crippen molar-refractivity contribution < 1.29 is 9.53 Å². The van der Waals surface area contributed by atoms with Crippen LogP contribution in [0.5, 0.6) is 5.75 Å². The lowest BCUT2D eigenvalue weighted by Crippen LogP contribution is -2.01. The predicted octanol–water partition coefficient (Wildman–Crippen LogP) is 4.00. The molecule has 2 rings (SSSR count). The van der Waals surface area contributed by atoms with E-state index in [0.717, 1.165) is 15.8 Å². The van der Waals surface area contributed by atoms with Crippen LogP contribution in [0.25, 0.3) is 0 Å². The lowest BCUT2D eigenvalue weighted by Gasteiger charge is -2.05. The first kappa shape index (κ1) is 12.8. The molecule has 0 aromatic heterocycles. The molecule has 2 nitrogen and oxygen atoms in total. The Hall–Kier alpha value is -1.61. The van der Waals surface area contributed by atoms with Crippen molar-refractivity contribution in [1.82, 2.24) is 0 Å². The summed E-state index contributed by atoms with van der Waals surface area (Å²) in [5.41, 5.74) is 2.41. The molecule has 0 spiro atoms. The minimum absolute atomic E-state index is 0.0215. The fourth-order valence-corrected chi connectivity index (χ4v) is 1.94. The van der Waals surface area contributed by atoms with Gasteiger partial charge in [-0.3, -0.25) is 4.79 Å². The summed E-state index contributed by atoms with van der Waals surface area (Å²) < 4.78 is 6.08. The van der Waals surface area contributed by atoms with Gasteiger partial charge >= 0.3 is 0 Å². The number of aryl methyl sites for hydroxylation is 1. The van der Waals surface area contributed by atoms with Crippen molar-refractivity contribution in [3.63, 3.8) is 0 Å². The Morgan fingerprint density at radius 1 is 1.06 bits per heavy atom. The van der Waals surface area contributed by atoms with Gasteiger partial charge in [0.2, 0.25) is 0 Å². The Balaban J connectivity index is 2.32. The van der Waals surface area contributed by atoms with Gasteiger partial charge in [0.15, 0.2) is 5.78 Å². The van der Waals surface area contributed by atoms with Crippen molar-refractivity contribution in [3.8, 4) is 5.75 Å². The van der Waals surface area contributed by atoms with Crippen molar-refractivity contribution in [2.45, 2.75) is 6.92 Å². The van der Waals surface area contributed by atoms with Crippen molar-refractivity contribution in [2.24, 2.45) is 0 Å². The maximum Gasteiger partial charge on any atom is 0.193 e. The first-order valence-electron chi connectivity index (χ1n) is 5.56. The number of hydrogen-bond acceptors (Lipinski definition) is 2. The van der Waals surface area contributed by atoms with E-state index < -0.39 is 0 Å². The molecule has 0 heterocycles. The number of ether oxygens (including phenoxy) is 1. The van der Waals surface area contributed by atoms with E-state index in [1.807, 2.05) is 25.1 Å². The summed E-state index contributed by atoms with van der Waals surface area (Å²) in [6, 6.07) is 12.7. The lowest BCUT2D eigenvalue weighted by molar-refractivity contribution is 0.103. The summed E-state index contributed by atoms with van der Waals surface area (Å²) in [5.74, 6) is 0.770. The number of halogens is 1. The molecule has 0 N–H and O–H groups in total. The zero-order chi connectivity index (χ0) is 13.1. The largest absolute Gasteiger partial charge is 0.497 e. The van der Waals surface area contributed by atoms with Crippen LogP contribution in [-0.2, 0) is 0 Å². The van der Waals surface area contributed by atoms with Crippen LogP contribution in [0.2, 0.25) is 0 Å². The van der Waals surface area contributed by atoms with Crippen LogP contribution >= 0.6 is 15.9 Å². The highest BCUT2D eigenvalue weighted by atomic mass is 79.9. The van der Waals surface area contributed by atoms with Crippen molar-refractivity contribution >= 4 is 21.7 Å². The van der Waals surface area contributed by atoms with Crippen LogP contribution in [0.1, 0.15) is 21.5 Å². The van der Waals surface area contributed by atoms with E-state index in [2.05, 4.69) is 15.9 Å². The molecule has 0 radical (unpaired) electrons. The normalized spacial score (nSPS) is 10.2. The Bertz CT molecular complexity index is 574. The fraction of sp³-hybridized carbons (Fsp3) is 0.133. The van der Waals surface area contributed by atoms with Crippen LogP contribution in [0, 0.1) is 6.92 Å². The Morgan fingerprint density at radius 2 is 1.67 bits per heavy atom. The number of rotatable bonds is 3. The quantitative estimate of drug-likeness (QED) is 0.801. The molecule has 0 saturated carbocycles. The molecule has 2 aromatic carbocycles. The number of carbonyl (C=O) groups is 1. The summed E-state index contributed by atoms with van der Waals surface area (Å²) in [7, 11) is 1.61. The number of benzene rings is 2. The van der Waals surface area contributed by atoms with E-state index in [9.17, 15) is 4.79 Å². The van der Waals surface area contributed by atoms with E-state index in [4.69, 9.17) is 4.74 Å². The summed E-state index contributed by atoms with van der Waals surface area (Å²) in [6.07, 6.45) is 0. The van der Waals surface area contributed by atoms with Crippen molar-refractivity contribution in [1.29, 1.82) is 0 Å². The second kappa shape index (κ2) is 5.36. The third-order valence-corrected chi connectivity index (χ3v) is 3.66. The molecule has 0 saturated heterocycles. The van der Waals surface area contributed by atoms with Gasteiger partial charge in [-0.05, 0) is 55.0 Å². The number of carbonyl (C=O) groups excluding carboxylic acids is 1. The van der Waals surface area contributed by atoms with Gasteiger partial charge < -0.3 is 4.74 Å². The van der Waals surface area contributed by atoms with Crippen molar-refractivity contribution in [2.75, 3.05) is 7.11 Å². The molecule has 2 aromatic rings. The third-order valence-electron chi connectivity index (χ3n) is 2.77. The van der Waals surface area contributed by atoms with E-state index in [0.29, 0.717) is 11.1 Å². The SMILES string of the molecule is COc1ccc(C(=O)c2ccc(Br)c(C)c2)cc1. The smallest absolute Gasteiger partial charge is 0.193 e. The topological polar surface area (TPSA) is 26.3 Å². The van der Waals surface area contributed by atoms with Gasteiger partial charge in [0.25, 0.3) is 0 Å². The minimum Gasteiger partial charge on any atom is -0.497 e. The standard InChI is InChI=1S/C15H13BrO2/c1-10-9-12(5-8-14(10)16)15(17)11-3-6-13(18-2)7-4-11/h3-9H,1-2H3. The molecule has 0 fully saturated rings. The van der Waals surface area contributed by atoms with Crippen LogP contribution in [0.3, 0.4) is 0 Å². The van der Waals surface area contributed by atoms with Gasteiger partial charge in [0, 0.05) is 15.6 Å². The summed E-state index contributed by atoms with van der Waals surface area (Å²) >= 11 is 3.43. The zero-order valence-corrected chi connectivity index (χ0v) is 11.8. The molecule has 0 bridgehead atoms. The highest BCUT2D eigenvalue weighted by molar-refractivity contribution is 9.10. The van der Waals surface area contributed by atoms with Crippen LogP contribution < -0.4 is 4.74 Å². The van der Waals surface area contributed by atoms with Crippen LogP contribution in [-0.4, -0.2) is 12.9 Å². The lowest BCUT2D eigenvalue weighted by atomic mass is 10.0. The van der Waals surface area contributed by atoms with Gasteiger partial charge in [-0.1, -0.05) is 15.9 Å². The molecule has 3 heteroatoms. The molecule has 92 valence electrons. The molecular weight excluding hydrogens is 292 g/mol. The Labute approximate surface area is 115 Å². The average Bonchev–Trinajstić information content (AvgIpc) is 2.41. The number of methoxy groups -OCH3 is 1. The van der Waals surface area contributed by atoms with Crippen LogP contribution in [0.4, 0.5) is 0 Å². The Kier molecular flexibility index (Phi) is 3.82. The maximum absolute atomic E-state index is 12.3. The second-order valence-electron chi connectivity index (χ2n) is 4.02. The Morgan fingerprint density at radius 3 is 2.22 bits per heavy atom. The maximum atomic E-state index is 12.3. The number of ketones is 1. The number of hydrogen-bond donors (Lipinski definition) is 0. The van der Waals surface area contributed by atoms with E-state index in [1.165, 1.54) is 0 Å². The molecule has 0 amide bonds. The molecule has 0 aliphatic rings. The molecule has 0 aliphatic carbocycles. The first-order valence-corrected chi connectivity index (χ1v) is 6.36. The molecule has 0 unspecified atom stereocenters. The monoisotopic (exact) mass is 304 g/mol. The van der Waals surface area contributed by atoms with E-state index in [-0.39, 0.29) is 5.78 Å². The predicted molar refractivity (Wildman–Crippen MR) is 75.3 cm³/mol. The minimum atomic E-state index is 0.0215. The average molecular weight is 305 g/mol. The first-order chi connectivity index (χ1) is 8.61. The summed E-state index contributed by atoms with van der Waals surface area (Å²) in [4.78, 5) is 12.3. The van der Waals surface area contributed by atoms with E-state index >= 15 is 0 Å². The van der Waals surface area contributed by atoms with Crippen molar-refractivity contribution in [3.05, 3.63) is 63.6 Å². The van der Waals surface area contributed by atoms with Gasteiger partial charge in [0.05, 0.1) is 7.11 Å². The highest BCUT2D eigenvalue weighted by Crippen LogP contribution is 2.20. The third kappa shape index (κ3) is 2.62. The van der Waals surface area contributed by atoms with Gasteiger partial charge in [-0.15, -0.1) is 0 Å². The van der Waals surface area contributed by atoms with Gasteiger partial charge in [0.1, 0.15) is 5.75 Å². The summed E-state index contributed by atoms with van der Waals surface area (Å²) in [5, 5.41) is 0. The van der Waals surface area contributed by atoms with Gasteiger partial charge in [-0.2, -0.15) is 0 Å². The summed E-state index contributed by atoms with van der Waals surface area (Å²) in [6.45, 7) is 1.97. The molecular formula is C15H13BrO2. The van der Waals surface area contributed by atoms with Crippen LogP contribution in [0.15, 0.2) is 46.9 Å². The highest BCUT2D eigenvalue weighted by Gasteiger charge is 2.10. The molecule has 0 aliphatic heterocycles. The molecule has 0 atom stereocenters. The molecule has 18 heavy (non-hydrogen) atoms. The second-order valence-corrected chi connectivity index (χ2v) is 4.88.